The zero-order chi connectivity index (χ0) is 15.2. The van der Waals surface area contributed by atoms with Crippen molar-refractivity contribution < 1.29 is 13.2 Å². The Hall–Kier alpha value is -0.670. The molecule has 0 saturated carbocycles. The number of halogens is 1. The van der Waals surface area contributed by atoms with Crippen LogP contribution >= 0.6 is 22.6 Å². The lowest BCUT2D eigenvalue weighted by Gasteiger charge is -2.21. The molecule has 0 unspecified atom stereocenters. The van der Waals surface area contributed by atoms with Crippen LogP contribution in [0.1, 0.15) is 26.7 Å². The molecule has 0 aliphatic carbocycles. The second-order valence-electron chi connectivity index (χ2n) is 4.33. The van der Waals surface area contributed by atoms with Crippen molar-refractivity contribution in [3.05, 3.63) is 24.3 Å². The fourth-order valence-corrected chi connectivity index (χ4v) is 3.76. The van der Waals surface area contributed by atoms with E-state index in [9.17, 15) is 13.2 Å². The highest BCUT2D eigenvalue weighted by atomic mass is 127. The van der Waals surface area contributed by atoms with Crippen molar-refractivity contribution in [1.82, 2.24) is 4.31 Å². The normalized spacial score (nSPS) is 11.6. The first kappa shape index (κ1) is 17.4. The smallest absolute Gasteiger partial charge is 0.284 e. The summed E-state index contributed by atoms with van der Waals surface area (Å²) >= 11 is 1.63. The predicted octanol–water partition coefficient (Wildman–Crippen LogP) is 3.46. The zero-order valence-corrected chi connectivity index (χ0v) is 14.6. The summed E-state index contributed by atoms with van der Waals surface area (Å²) in [5.41, 5.74) is 0.584. The van der Waals surface area contributed by atoms with Crippen LogP contribution in [0.15, 0.2) is 29.2 Å². The number of benzene rings is 1. The summed E-state index contributed by atoms with van der Waals surface area (Å²) in [6.07, 6.45) is 1.56. The van der Waals surface area contributed by atoms with Gasteiger partial charge in [-0.3, -0.25) is 4.79 Å². The maximum atomic E-state index is 12.5. The number of rotatable bonds is 7. The van der Waals surface area contributed by atoms with Gasteiger partial charge in [0, 0.05) is 41.4 Å². The molecule has 1 aromatic carbocycles. The summed E-state index contributed by atoms with van der Waals surface area (Å²) in [5, 5.41) is 2.60. The van der Waals surface area contributed by atoms with Crippen molar-refractivity contribution in [2.24, 2.45) is 0 Å². The van der Waals surface area contributed by atoms with Gasteiger partial charge in [0.25, 0.3) is 3.91 Å². The van der Waals surface area contributed by atoms with Crippen LogP contribution in [0.3, 0.4) is 0 Å². The topological polar surface area (TPSA) is 66.5 Å². The molecule has 0 atom stereocenters. The number of anilines is 1. The van der Waals surface area contributed by atoms with Crippen molar-refractivity contribution in [1.29, 1.82) is 0 Å². The summed E-state index contributed by atoms with van der Waals surface area (Å²) in [6.45, 7) is 4.94. The molecule has 1 aromatic rings. The molecule has 0 saturated heterocycles. The summed E-state index contributed by atoms with van der Waals surface area (Å²) in [6, 6.07) is 6.24. The Kier molecular flexibility index (Phi) is 6.90. The van der Waals surface area contributed by atoms with E-state index in [-0.39, 0.29) is 8.81 Å². The van der Waals surface area contributed by atoms with Gasteiger partial charge in [0.2, 0.25) is 10.0 Å². The van der Waals surface area contributed by atoms with Crippen LogP contribution in [0, 0.1) is 0 Å². The summed E-state index contributed by atoms with van der Waals surface area (Å²) in [5.74, 6) is 0. The molecule has 0 aliphatic heterocycles. The van der Waals surface area contributed by atoms with E-state index < -0.39 is 10.0 Å². The highest BCUT2D eigenvalue weighted by Crippen LogP contribution is 2.19. The molecule has 5 nitrogen and oxygen atoms in total. The second kappa shape index (κ2) is 7.94. The van der Waals surface area contributed by atoms with E-state index in [1.54, 1.807) is 34.7 Å². The number of hydrogen-bond acceptors (Lipinski definition) is 3. The van der Waals surface area contributed by atoms with Crippen LogP contribution in [-0.4, -0.2) is 29.7 Å². The summed E-state index contributed by atoms with van der Waals surface area (Å²) in [7, 11) is -3.45. The zero-order valence-electron chi connectivity index (χ0n) is 11.6. The first-order valence-corrected chi connectivity index (χ1v) is 9.00. The van der Waals surface area contributed by atoms with E-state index in [1.807, 2.05) is 13.8 Å². The van der Waals surface area contributed by atoms with Crippen molar-refractivity contribution >= 4 is 42.2 Å². The molecule has 0 spiro atoms. The Morgan fingerprint density at radius 2 is 1.65 bits per heavy atom. The molecule has 0 aliphatic rings. The van der Waals surface area contributed by atoms with Gasteiger partial charge in [-0.2, -0.15) is 4.31 Å². The number of sulfonamides is 1. The maximum absolute atomic E-state index is 12.5. The fourth-order valence-electron chi connectivity index (χ4n) is 1.82. The van der Waals surface area contributed by atoms with E-state index >= 15 is 0 Å². The standard InChI is InChI=1S/C13H19IN2O3S/c1-3-9-16(10-4-2)20(18,19)12-7-5-11(6-8-12)15-13(14)17/h5-8H,3-4,9-10H2,1-2H3,(H,15,17). The molecule has 0 bridgehead atoms. The SMILES string of the molecule is CCCN(CCC)S(=O)(=O)c1ccc(NC(=O)I)cc1. The average Bonchev–Trinajstić information content (AvgIpc) is 2.38. The third-order valence-corrected chi connectivity index (χ3v) is 4.86. The Morgan fingerprint density at radius 3 is 2.05 bits per heavy atom. The largest absolute Gasteiger partial charge is 0.317 e. The van der Waals surface area contributed by atoms with Gasteiger partial charge in [-0.05, 0) is 37.1 Å². The van der Waals surface area contributed by atoms with E-state index in [2.05, 4.69) is 5.32 Å². The highest BCUT2D eigenvalue weighted by molar-refractivity contribution is 14.1. The van der Waals surface area contributed by atoms with Gasteiger partial charge >= 0.3 is 0 Å². The average molecular weight is 410 g/mol. The van der Waals surface area contributed by atoms with Gasteiger partial charge in [-0.1, -0.05) is 13.8 Å². The Bertz CT molecular complexity index is 537. The predicted molar refractivity (Wildman–Crippen MR) is 88.8 cm³/mol. The highest BCUT2D eigenvalue weighted by Gasteiger charge is 2.22. The van der Waals surface area contributed by atoms with E-state index in [0.717, 1.165) is 12.8 Å². The quantitative estimate of drug-likeness (QED) is 0.425. The molecule has 20 heavy (non-hydrogen) atoms. The Morgan fingerprint density at radius 1 is 1.15 bits per heavy atom. The van der Waals surface area contributed by atoms with Crippen molar-refractivity contribution in [3.8, 4) is 0 Å². The maximum Gasteiger partial charge on any atom is 0.284 e. The van der Waals surface area contributed by atoms with Crippen molar-refractivity contribution in [3.63, 3.8) is 0 Å². The Balaban J connectivity index is 2.98. The van der Waals surface area contributed by atoms with Crippen molar-refractivity contribution in [2.45, 2.75) is 31.6 Å². The number of carbonyl (C=O) groups is 1. The lowest BCUT2D eigenvalue weighted by molar-refractivity contribution is 0.272. The molecule has 0 radical (unpaired) electrons. The first-order valence-electron chi connectivity index (χ1n) is 6.48. The number of nitrogens with zero attached hydrogens (tertiary/aromatic N) is 1. The second-order valence-corrected chi connectivity index (χ2v) is 7.24. The van der Waals surface area contributed by atoms with Gasteiger partial charge in [0.15, 0.2) is 0 Å². The summed E-state index contributed by atoms with van der Waals surface area (Å²) < 4.78 is 26.3. The third kappa shape index (κ3) is 4.71. The van der Waals surface area contributed by atoms with Crippen LogP contribution in [0.2, 0.25) is 0 Å². The molecule has 112 valence electrons. The van der Waals surface area contributed by atoms with E-state index in [4.69, 9.17) is 0 Å². The number of hydrogen-bond donors (Lipinski definition) is 1. The first-order chi connectivity index (χ1) is 9.41. The van der Waals surface area contributed by atoms with Crippen LogP contribution in [0.5, 0.6) is 0 Å². The molecule has 0 fully saturated rings. The molecule has 7 heteroatoms. The van der Waals surface area contributed by atoms with Gasteiger partial charge in [-0.25, -0.2) is 8.42 Å². The minimum atomic E-state index is -3.45. The molecule has 1 rings (SSSR count). The lowest BCUT2D eigenvalue weighted by atomic mass is 10.3. The third-order valence-electron chi connectivity index (χ3n) is 2.68. The van der Waals surface area contributed by atoms with Gasteiger partial charge in [0.1, 0.15) is 0 Å². The number of carbonyl (C=O) groups excluding carboxylic acids is 1. The van der Waals surface area contributed by atoms with Gasteiger partial charge in [-0.15, -0.1) is 0 Å². The molecule has 1 amide bonds. The molecule has 1 N–H and O–H groups in total. The van der Waals surface area contributed by atoms with Gasteiger partial charge in [0.05, 0.1) is 4.90 Å². The fraction of sp³-hybridized carbons (Fsp3) is 0.462. The van der Waals surface area contributed by atoms with Crippen LogP contribution in [0.25, 0.3) is 0 Å². The lowest BCUT2D eigenvalue weighted by Crippen LogP contribution is -2.32. The molecule has 0 heterocycles. The molecular weight excluding hydrogens is 391 g/mol. The van der Waals surface area contributed by atoms with Crippen LogP contribution in [0.4, 0.5) is 10.5 Å². The number of amides is 1. The minimum absolute atomic E-state index is 0.211. The van der Waals surface area contributed by atoms with Crippen LogP contribution in [-0.2, 0) is 10.0 Å². The minimum Gasteiger partial charge on any atom is -0.317 e. The van der Waals surface area contributed by atoms with Crippen LogP contribution < -0.4 is 5.32 Å². The van der Waals surface area contributed by atoms with E-state index in [1.165, 1.54) is 16.4 Å². The molecule has 0 aromatic heterocycles. The monoisotopic (exact) mass is 410 g/mol. The Labute approximate surface area is 133 Å². The van der Waals surface area contributed by atoms with E-state index in [0.29, 0.717) is 18.8 Å². The van der Waals surface area contributed by atoms with Crippen molar-refractivity contribution in [2.75, 3.05) is 18.4 Å². The molecular formula is C13H19IN2O3S. The summed E-state index contributed by atoms with van der Waals surface area (Å²) in [4.78, 5) is 11.2. The van der Waals surface area contributed by atoms with Gasteiger partial charge < -0.3 is 5.32 Å². The number of nitrogens with one attached hydrogen (secondary N) is 1.